The summed E-state index contributed by atoms with van der Waals surface area (Å²) >= 11 is 6.17. The van der Waals surface area contributed by atoms with Crippen molar-refractivity contribution in [3.05, 3.63) is 59.6 Å². The van der Waals surface area contributed by atoms with Crippen LogP contribution in [0.4, 0.5) is 11.4 Å². The van der Waals surface area contributed by atoms with E-state index in [1.54, 1.807) is 5.01 Å². The van der Waals surface area contributed by atoms with Gasteiger partial charge < -0.3 is 14.7 Å². The molecule has 3 atom stereocenters. The quantitative estimate of drug-likeness (QED) is 0.711. The molecule has 0 aliphatic carbocycles. The van der Waals surface area contributed by atoms with Gasteiger partial charge in [0.05, 0.1) is 23.6 Å². The van der Waals surface area contributed by atoms with E-state index in [0.29, 0.717) is 26.2 Å². The number of nitrogens with one attached hydrogen (secondary N) is 1. The number of carbonyl (C=O) groups is 2. The van der Waals surface area contributed by atoms with Crippen LogP contribution in [0.5, 0.6) is 0 Å². The molecule has 3 unspecified atom stereocenters. The van der Waals surface area contributed by atoms with Crippen LogP contribution in [0, 0.1) is 11.8 Å². The van der Waals surface area contributed by atoms with Crippen molar-refractivity contribution < 1.29 is 9.59 Å². The highest BCUT2D eigenvalue weighted by Crippen LogP contribution is 2.33. The first-order valence-corrected chi connectivity index (χ1v) is 12.6. The molecule has 180 valence electrons. The van der Waals surface area contributed by atoms with Crippen LogP contribution in [0.3, 0.4) is 0 Å². The van der Waals surface area contributed by atoms with Crippen molar-refractivity contribution in [2.24, 2.45) is 11.8 Å². The van der Waals surface area contributed by atoms with Crippen molar-refractivity contribution in [1.29, 1.82) is 0 Å². The van der Waals surface area contributed by atoms with Crippen LogP contribution >= 0.6 is 11.6 Å². The minimum atomic E-state index is -0.249. The first-order valence-electron chi connectivity index (χ1n) is 12.2. The Balaban J connectivity index is 1.31. The van der Waals surface area contributed by atoms with E-state index in [2.05, 4.69) is 28.2 Å². The number of anilines is 2. The van der Waals surface area contributed by atoms with E-state index >= 15 is 0 Å². The van der Waals surface area contributed by atoms with Gasteiger partial charge in [0.25, 0.3) is 0 Å². The van der Waals surface area contributed by atoms with Gasteiger partial charge in [-0.3, -0.25) is 9.59 Å². The number of halogens is 1. The van der Waals surface area contributed by atoms with Gasteiger partial charge in [-0.25, -0.2) is 10.4 Å². The summed E-state index contributed by atoms with van der Waals surface area (Å²) in [5.41, 5.74) is 5.33. The Bertz CT molecular complexity index is 1030. The van der Waals surface area contributed by atoms with E-state index in [1.165, 1.54) is 0 Å². The zero-order chi connectivity index (χ0) is 23.7. The van der Waals surface area contributed by atoms with Gasteiger partial charge in [-0.2, -0.15) is 0 Å². The van der Waals surface area contributed by atoms with E-state index in [-0.39, 0.29) is 29.7 Å². The van der Waals surface area contributed by atoms with Gasteiger partial charge in [0.15, 0.2) is 0 Å². The third-order valence-electron chi connectivity index (χ3n) is 7.23. The molecule has 0 saturated carbocycles. The lowest BCUT2D eigenvalue weighted by molar-refractivity contribution is -0.140. The number of hydrogen-bond acceptors (Lipinski definition) is 5. The number of likely N-dealkylation sites (tertiary alicyclic amines) is 1. The van der Waals surface area contributed by atoms with Crippen LogP contribution in [0.15, 0.2) is 54.6 Å². The number of nitrogens with zero attached hydrogens (tertiary/aromatic N) is 4. The third kappa shape index (κ3) is 4.52. The van der Waals surface area contributed by atoms with Crippen LogP contribution < -0.4 is 15.3 Å². The van der Waals surface area contributed by atoms with E-state index in [1.807, 2.05) is 53.4 Å². The van der Waals surface area contributed by atoms with Crippen LogP contribution in [-0.2, 0) is 9.59 Å². The van der Waals surface area contributed by atoms with Crippen LogP contribution in [0.1, 0.15) is 13.3 Å². The lowest BCUT2D eigenvalue weighted by Crippen LogP contribution is -2.59. The van der Waals surface area contributed by atoms with Crippen molar-refractivity contribution in [2.75, 3.05) is 55.7 Å². The third-order valence-corrected chi connectivity index (χ3v) is 7.46. The Hall–Kier alpha value is -2.61. The van der Waals surface area contributed by atoms with Gasteiger partial charge in [0, 0.05) is 50.0 Å². The Morgan fingerprint density at radius 3 is 2.44 bits per heavy atom. The molecule has 3 fully saturated rings. The summed E-state index contributed by atoms with van der Waals surface area (Å²) in [7, 11) is 0. The van der Waals surface area contributed by atoms with E-state index in [9.17, 15) is 9.59 Å². The second-order valence-corrected chi connectivity index (χ2v) is 9.87. The molecule has 2 amide bonds. The summed E-state index contributed by atoms with van der Waals surface area (Å²) in [6.45, 7) is 7.30. The van der Waals surface area contributed by atoms with Crippen molar-refractivity contribution in [3.63, 3.8) is 0 Å². The molecular weight excluding hydrogens is 450 g/mol. The summed E-state index contributed by atoms with van der Waals surface area (Å²) in [5.74, 6) is -0.264. The van der Waals surface area contributed by atoms with Crippen molar-refractivity contribution in [1.82, 2.24) is 15.2 Å². The number of rotatable bonds is 5. The monoisotopic (exact) mass is 481 g/mol. The molecule has 3 aliphatic rings. The molecule has 2 aromatic rings. The second kappa shape index (κ2) is 9.94. The number of hydrazine groups is 1. The number of benzene rings is 2. The average Bonchev–Trinajstić information content (AvgIpc) is 3.20. The minimum absolute atomic E-state index is 0.0561. The maximum absolute atomic E-state index is 13.8. The topological polar surface area (TPSA) is 59.1 Å². The van der Waals surface area contributed by atoms with Gasteiger partial charge >= 0.3 is 0 Å². The highest BCUT2D eigenvalue weighted by molar-refractivity contribution is 6.30. The van der Waals surface area contributed by atoms with Crippen molar-refractivity contribution in [3.8, 4) is 0 Å². The molecule has 5 rings (SSSR count). The van der Waals surface area contributed by atoms with Gasteiger partial charge in [0.2, 0.25) is 11.8 Å². The highest BCUT2D eigenvalue weighted by Gasteiger charge is 2.51. The Morgan fingerprint density at radius 2 is 1.74 bits per heavy atom. The largest absolute Gasteiger partial charge is 0.368 e. The Kier molecular flexibility index (Phi) is 6.77. The molecule has 3 saturated heterocycles. The number of amides is 2. The fourth-order valence-corrected chi connectivity index (χ4v) is 5.71. The lowest BCUT2D eigenvalue weighted by atomic mass is 9.83. The molecule has 34 heavy (non-hydrogen) atoms. The molecule has 8 heteroatoms. The second-order valence-electron chi connectivity index (χ2n) is 9.43. The number of para-hydroxylation sites is 1. The lowest BCUT2D eigenvalue weighted by Gasteiger charge is -2.42. The molecule has 3 aliphatic heterocycles. The van der Waals surface area contributed by atoms with Gasteiger partial charge in [0.1, 0.15) is 0 Å². The average molecular weight is 482 g/mol. The summed E-state index contributed by atoms with van der Waals surface area (Å²) in [5, 5.41) is 2.38. The number of piperidine rings is 1. The first-order chi connectivity index (χ1) is 16.5. The molecular formula is C26H32ClN5O2. The Labute approximate surface area is 206 Å². The summed E-state index contributed by atoms with van der Waals surface area (Å²) in [6, 6.07) is 17.3. The first kappa shape index (κ1) is 23.1. The van der Waals surface area contributed by atoms with Gasteiger partial charge in [-0.1, -0.05) is 42.8 Å². The molecule has 0 spiro atoms. The molecule has 2 aromatic carbocycles. The van der Waals surface area contributed by atoms with E-state index < -0.39 is 0 Å². The van der Waals surface area contributed by atoms with E-state index in [0.717, 1.165) is 42.5 Å². The maximum atomic E-state index is 13.8. The number of carbonyl (C=O) groups excluding carboxylic acids is 2. The fourth-order valence-electron chi connectivity index (χ4n) is 5.53. The molecule has 0 radical (unpaired) electrons. The SMILES string of the molecule is CCCN1CC(C(=O)N2CCN(c3cccc(Cl)c3)CC2)C2NN(c3ccccc3)C(=O)C2C1. The zero-order valence-corrected chi connectivity index (χ0v) is 20.3. The number of fused-ring (bicyclic) bond motifs is 1. The van der Waals surface area contributed by atoms with Crippen LogP contribution in [0.2, 0.25) is 5.02 Å². The highest BCUT2D eigenvalue weighted by atomic mass is 35.5. The minimum Gasteiger partial charge on any atom is -0.368 e. The molecule has 0 aromatic heterocycles. The summed E-state index contributed by atoms with van der Waals surface area (Å²) < 4.78 is 0. The molecule has 0 bridgehead atoms. The van der Waals surface area contributed by atoms with E-state index in [4.69, 9.17) is 11.6 Å². The smallest absolute Gasteiger partial charge is 0.247 e. The number of hydrogen-bond donors (Lipinski definition) is 1. The molecule has 7 nitrogen and oxygen atoms in total. The Morgan fingerprint density at radius 1 is 1.00 bits per heavy atom. The maximum Gasteiger partial charge on any atom is 0.247 e. The summed E-state index contributed by atoms with van der Waals surface area (Å²) in [4.78, 5) is 33.7. The standard InChI is InChI=1S/C26H32ClN5O2/c1-2-11-29-17-22(24-23(18-29)26(34)32(28-24)20-8-4-3-5-9-20)25(33)31-14-12-30(13-15-31)21-10-6-7-19(27)16-21/h3-10,16,22-24,28H,2,11-15,17-18H2,1H3. The predicted octanol–water partition coefficient (Wildman–Crippen LogP) is 2.87. The predicted molar refractivity (Wildman–Crippen MR) is 135 cm³/mol. The van der Waals surface area contributed by atoms with Crippen LogP contribution in [0.25, 0.3) is 0 Å². The molecule has 1 N–H and O–H groups in total. The summed E-state index contributed by atoms with van der Waals surface area (Å²) in [6.07, 6.45) is 1.00. The number of piperazine rings is 1. The van der Waals surface area contributed by atoms with Crippen molar-refractivity contribution >= 4 is 34.8 Å². The normalized spacial score (nSPS) is 25.5. The fraction of sp³-hybridized carbons (Fsp3) is 0.462. The van der Waals surface area contributed by atoms with Crippen LogP contribution in [-0.4, -0.2) is 73.5 Å². The van der Waals surface area contributed by atoms with Crippen molar-refractivity contribution in [2.45, 2.75) is 19.4 Å². The molecule has 3 heterocycles. The van der Waals surface area contributed by atoms with Gasteiger partial charge in [-0.15, -0.1) is 0 Å². The van der Waals surface area contributed by atoms with Gasteiger partial charge in [-0.05, 0) is 43.3 Å². The zero-order valence-electron chi connectivity index (χ0n) is 19.6.